The van der Waals surface area contributed by atoms with Crippen molar-refractivity contribution in [3.63, 3.8) is 0 Å². The Kier molecular flexibility index (Phi) is 2.16. The molecule has 0 aliphatic heterocycles. The van der Waals surface area contributed by atoms with Crippen LogP contribution in [0.2, 0.25) is 0 Å². The zero-order valence-electron chi connectivity index (χ0n) is 9.61. The maximum absolute atomic E-state index is 11.0. The minimum atomic E-state index is -1.03. The van der Waals surface area contributed by atoms with Crippen LogP contribution in [0, 0.1) is 0 Å². The van der Waals surface area contributed by atoms with Crippen molar-refractivity contribution in [2.75, 3.05) is 0 Å². The molecule has 3 rings (SSSR count). The Labute approximate surface area is 102 Å². The number of carboxylic acids is 1. The van der Waals surface area contributed by atoms with Gasteiger partial charge >= 0.3 is 5.97 Å². The molecule has 0 unspecified atom stereocenters. The molecule has 6 nitrogen and oxygen atoms in total. The van der Waals surface area contributed by atoms with Crippen LogP contribution in [0.25, 0.3) is 16.9 Å². The topological polar surface area (TPSA) is 72.4 Å². The molecule has 90 valence electrons. The van der Waals surface area contributed by atoms with Crippen molar-refractivity contribution in [2.24, 2.45) is 7.05 Å². The first-order chi connectivity index (χ1) is 8.66. The molecule has 0 spiro atoms. The van der Waals surface area contributed by atoms with Gasteiger partial charge in [-0.1, -0.05) is 0 Å². The summed E-state index contributed by atoms with van der Waals surface area (Å²) in [4.78, 5) is 15.1. The molecule has 0 saturated carbocycles. The quantitative estimate of drug-likeness (QED) is 0.737. The van der Waals surface area contributed by atoms with Gasteiger partial charge in [-0.3, -0.25) is 0 Å². The second kappa shape index (κ2) is 3.69. The number of hydrogen-bond donors (Lipinski definition) is 1. The molecule has 0 aromatic carbocycles. The molecule has 18 heavy (non-hydrogen) atoms. The number of fused-ring (bicyclic) bond motifs is 1. The number of nitrogens with zero attached hydrogens (tertiary/aromatic N) is 4. The standard InChI is InChI=1S/C12H10N4O2/c1-15-5-3-8(7-15)10-2-4-13-11-9(12(17)18)6-14-16(10)11/h2-7H,1H3,(H,17,18). The molecule has 3 aromatic heterocycles. The Balaban J connectivity index is 2.28. The lowest BCUT2D eigenvalue weighted by atomic mass is 10.2. The van der Waals surface area contributed by atoms with E-state index in [1.165, 1.54) is 6.20 Å². The molecule has 0 amide bonds. The third-order valence-electron chi connectivity index (χ3n) is 2.76. The molecule has 0 saturated heterocycles. The minimum absolute atomic E-state index is 0.104. The van der Waals surface area contributed by atoms with Crippen LogP contribution < -0.4 is 0 Å². The smallest absolute Gasteiger partial charge is 0.341 e. The highest BCUT2D eigenvalue weighted by Crippen LogP contribution is 2.20. The van der Waals surface area contributed by atoms with Gasteiger partial charge in [0.2, 0.25) is 0 Å². The number of aryl methyl sites for hydroxylation is 1. The number of hydrogen-bond acceptors (Lipinski definition) is 3. The van der Waals surface area contributed by atoms with Crippen LogP contribution in [0.5, 0.6) is 0 Å². The van der Waals surface area contributed by atoms with Gasteiger partial charge in [-0.05, 0) is 12.1 Å². The number of rotatable bonds is 2. The number of carbonyl (C=O) groups is 1. The van der Waals surface area contributed by atoms with Crippen LogP contribution in [0.4, 0.5) is 0 Å². The normalized spacial score (nSPS) is 10.9. The molecular weight excluding hydrogens is 232 g/mol. The summed E-state index contributed by atoms with van der Waals surface area (Å²) in [5.41, 5.74) is 2.23. The van der Waals surface area contributed by atoms with Gasteiger partial charge in [-0.25, -0.2) is 14.3 Å². The van der Waals surface area contributed by atoms with Gasteiger partial charge in [0.1, 0.15) is 5.56 Å². The van der Waals surface area contributed by atoms with Gasteiger partial charge in [-0.2, -0.15) is 5.10 Å². The second-order valence-corrected chi connectivity index (χ2v) is 3.99. The number of aromatic nitrogens is 4. The Morgan fingerprint density at radius 3 is 2.89 bits per heavy atom. The minimum Gasteiger partial charge on any atom is -0.477 e. The van der Waals surface area contributed by atoms with Crippen LogP contribution in [-0.4, -0.2) is 30.2 Å². The molecule has 3 heterocycles. The van der Waals surface area contributed by atoms with E-state index in [-0.39, 0.29) is 5.56 Å². The van der Waals surface area contributed by atoms with E-state index in [0.29, 0.717) is 5.65 Å². The van der Waals surface area contributed by atoms with E-state index in [4.69, 9.17) is 5.11 Å². The summed E-state index contributed by atoms with van der Waals surface area (Å²) < 4.78 is 3.46. The van der Waals surface area contributed by atoms with Crippen molar-refractivity contribution in [3.8, 4) is 11.3 Å². The molecule has 0 atom stereocenters. The van der Waals surface area contributed by atoms with Crippen LogP contribution >= 0.6 is 0 Å². The largest absolute Gasteiger partial charge is 0.477 e. The second-order valence-electron chi connectivity index (χ2n) is 3.99. The molecule has 6 heteroatoms. The molecule has 0 radical (unpaired) electrons. The van der Waals surface area contributed by atoms with Crippen molar-refractivity contribution in [1.29, 1.82) is 0 Å². The molecule has 0 aliphatic rings. The molecule has 3 aromatic rings. The lowest BCUT2D eigenvalue weighted by Gasteiger charge is -2.01. The van der Waals surface area contributed by atoms with Gasteiger partial charge in [0, 0.05) is 31.2 Å². The summed E-state index contributed by atoms with van der Waals surface area (Å²) >= 11 is 0. The Morgan fingerprint density at radius 1 is 1.39 bits per heavy atom. The molecule has 0 fully saturated rings. The lowest BCUT2D eigenvalue weighted by Crippen LogP contribution is -1.99. The Morgan fingerprint density at radius 2 is 2.22 bits per heavy atom. The fraction of sp³-hybridized carbons (Fsp3) is 0.0833. The van der Waals surface area contributed by atoms with Gasteiger partial charge in [0.25, 0.3) is 0 Å². The number of carboxylic acid groups (broad SMARTS) is 1. The molecule has 1 N–H and O–H groups in total. The van der Waals surface area contributed by atoms with Gasteiger partial charge in [-0.15, -0.1) is 0 Å². The van der Waals surface area contributed by atoms with E-state index < -0.39 is 5.97 Å². The van der Waals surface area contributed by atoms with E-state index in [2.05, 4.69) is 10.1 Å². The van der Waals surface area contributed by atoms with Crippen molar-refractivity contribution < 1.29 is 9.90 Å². The first-order valence-electron chi connectivity index (χ1n) is 5.35. The van der Waals surface area contributed by atoms with Crippen molar-refractivity contribution in [2.45, 2.75) is 0 Å². The highest BCUT2D eigenvalue weighted by atomic mass is 16.4. The Bertz CT molecular complexity index is 741. The van der Waals surface area contributed by atoms with Gasteiger partial charge in [0.15, 0.2) is 5.65 Å². The average Bonchev–Trinajstić information content (AvgIpc) is 2.94. The number of aromatic carboxylic acids is 1. The first kappa shape index (κ1) is 10.5. The summed E-state index contributed by atoms with van der Waals surface area (Å²) in [5.74, 6) is -1.03. The fourth-order valence-electron chi connectivity index (χ4n) is 1.92. The Hall–Kier alpha value is -2.63. The predicted octanol–water partition coefficient (Wildman–Crippen LogP) is 1.43. The summed E-state index contributed by atoms with van der Waals surface area (Å²) in [7, 11) is 1.92. The zero-order valence-corrected chi connectivity index (χ0v) is 9.61. The summed E-state index contributed by atoms with van der Waals surface area (Å²) in [6.07, 6.45) is 6.77. The lowest BCUT2D eigenvalue weighted by molar-refractivity contribution is 0.0699. The van der Waals surface area contributed by atoms with Crippen LogP contribution in [0.1, 0.15) is 10.4 Å². The van der Waals surface area contributed by atoms with E-state index in [1.807, 2.05) is 30.1 Å². The van der Waals surface area contributed by atoms with E-state index >= 15 is 0 Å². The highest BCUT2D eigenvalue weighted by molar-refractivity contribution is 5.94. The van der Waals surface area contributed by atoms with Gasteiger partial charge in [0.05, 0.1) is 11.9 Å². The predicted molar refractivity (Wildman–Crippen MR) is 64.4 cm³/mol. The summed E-state index contributed by atoms with van der Waals surface area (Å²) in [5, 5.41) is 13.1. The molecule has 0 bridgehead atoms. The zero-order chi connectivity index (χ0) is 12.7. The first-order valence-corrected chi connectivity index (χ1v) is 5.35. The van der Waals surface area contributed by atoms with Crippen LogP contribution in [0.3, 0.4) is 0 Å². The maximum atomic E-state index is 11.0. The van der Waals surface area contributed by atoms with Crippen LogP contribution in [0.15, 0.2) is 36.9 Å². The molecule has 0 aliphatic carbocycles. The maximum Gasteiger partial charge on any atom is 0.341 e. The molecular formula is C12H10N4O2. The summed E-state index contributed by atoms with van der Waals surface area (Å²) in [6.45, 7) is 0. The highest BCUT2D eigenvalue weighted by Gasteiger charge is 2.15. The third-order valence-corrected chi connectivity index (χ3v) is 2.76. The SMILES string of the molecule is Cn1ccc(-c2ccnc3c(C(=O)O)cnn23)c1. The fourth-order valence-corrected chi connectivity index (χ4v) is 1.92. The van der Waals surface area contributed by atoms with E-state index in [1.54, 1.807) is 16.8 Å². The summed E-state index contributed by atoms with van der Waals surface area (Å²) in [6, 6.07) is 3.75. The monoisotopic (exact) mass is 242 g/mol. The van der Waals surface area contributed by atoms with E-state index in [9.17, 15) is 4.79 Å². The van der Waals surface area contributed by atoms with Crippen molar-refractivity contribution in [3.05, 3.63) is 42.5 Å². The van der Waals surface area contributed by atoms with Gasteiger partial charge < -0.3 is 9.67 Å². The van der Waals surface area contributed by atoms with Crippen LogP contribution in [-0.2, 0) is 7.05 Å². The van der Waals surface area contributed by atoms with Crippen molar-refractivity contribution in [1.82, 2.24) is 19.2 Å². The van der Waals surface area contributed by atoms with Crippen molar-refractivity contribution >= 4 is 11.6 Å². The average molecular weight is 242 g/mol. The third kappa shape index (κ3) is 1.46. The van der Waals surface area contributed by atoms with E-state index in [0.717, 1.165) is 11.3 Å².